The zero-order valence-electron chi connectivity index (χ0n) is 13.0. The predicted octanol–water partition coefficient (Wildman–Crippen LogP) is 4.59. The van der Waals surface area contributed by atoms with Crippen LogP contribution in [0.1, 0.15) is 25.1 Å². The third-order valence-corrected chi connectivity index (χ3v) is 4.77. The fourth-order valence-electron chi connectivity index (χ4n) is 2.83. The highest BCUT2D eigenvalue weighted by Gasteiger charge is 2.24. The monoisotopic (exact) mass is 385 g/mol. The molecule has 1 atom stereocenters. The summed E-state index contributed by atoms with van der Waals surface area (Å²) >= 11 is 3.56. The smallest absolute Gasteiger partial charge is 0.350 e. The Labute approximate surface area is 147 Å². The van der Waals surface area contributed by atoms with Crippen LogP contribution in [0.2, 0.25) is 0 Å². The molecule has 0 spiro atoms. The van der Waals surface area contributed by atoms with Crippen molar-refractivity contribution in [3.05, 3.63) is 52.9 Å². The van der Waals surface area contributed by atoms with Crippen molar-refractivity contribution >= 4 is 38.4 Å². The molecule has 1 heterocycles. The topological polar surface area (TPSA) is 89.8 Å². The van der Waals surface area contributed by atoms with Crippen molar-refractivity contribution in [3.63, 3.8) is 0 Å². The van der Waals surface area contributed by atoms with E-state index in [4.69, 9.17) is 10.5 Å². The van der Waals surface area contributed by atoms with Crippen molar-refractivity contribution in [2.75, 3.05) is 0 Å². The highest BCUT2D eigenvalue weighted by atomic mass is 79.9. The number of rotatable bonds is 5. The number of benzene rings is 2. The lowest BCUT2D eigenvalue weighted by atomic mass is 9.99. The van der Waals surface area contributed by atoms with Gasteiger partial charge in [-0.15, -0.1) is 0 Å². The average Bonchev–Trinajstić information content (AvgIpc) is 3.05. The van der Waals surface area contributed by atoms with Crippen LogP contribution >= 0.6 is 15.9 Å². The zero-order valence-corrected chi connectivity index (χ0v) is 14.6. The lowest BCUT2D eigenvalue weighted by molar-refractivity contribution is -0.129. The molecule has 0 aliphatic rings. The summed E-state index contributed by atoms with van der Waals surface area (Å²) in [6.07, 6.45) is 2.20. The van der Waals surface area contributed by atoms with Gasteiger partial charge in [-0.05, 0) is 23.3 Å². The second kappa shape index (κ2) is 6.57. The summed E-state index contributed by atoms with van der Waals surface area (Å²) < 4.78 is 1.01. The minimum absolute atomic E-state index is 0.348. The average molecular weight is 386 g/mol. The van der Waals surface area contributed by atoms with Crippen LogP contribution in [0.25, 0.3) is 22.0 Å². The van der Waals surface area contributed by atoms with E-state index >= 15 is 0 Å². The van der Waals surface area contributed by atoms with Gasteiger partial charge in [0.1, 0.15) is 11.5 Å². The van der Waals surface area contributed by atoms with E-state index in [1.54, 1.807) is 6.20 Å². The number of carboxylic acid groups (broad SMARTS) is 1. The number of aromatic amines is 1. The number of hydrogen-bond acceptors (Lipinski definition) is 3. The van der Waals surface area contributed by atoms with E-state index in [9.17, 15) is 4.79 Å². The molecule has 3 N–H and O–H groups in total. The maximum Gasteiger partial charge on any atom is 0.350 e. The molecule has 1 aromatic heterocycles. The van der Waals surface area contributed by atoms with Crippen LogP contribution in [0.15, 0.2) is 47.1 Å². The van der Waals surface area contributed by atoms with Crippen LogP contribution in [0.3, 0.4) is 0 Å². The molecule has 2 aromatic carbocycles. The summed E-state index contributed by atoms with van der Waals surface area (Å²) in [5.41, 5.74) is 1.45. The van der Waals surface area contributed by atoms with E-state index in [-0.39, 0.29) is 5.71 Å². The number of aliphatic carboxylic acids is 1. The van der Waals surface area contributed by atoms with E-state index in [1.807, 2.05) is 43.3 Å². The Hall–Kier alpha value is -2.47. The maximum absolute atomic E-state index is 11.1. The van der Waals surface area contributed by atoms with Crippen molar-refractivity contribution in [1.29, 1.82) is 5.41 Å². The van der Waals surface area contributed by atoms with Crippen molar-refractivity contribution in [1.82, 2.24) is 9.97 Å². The SMILES string of the molecule is CCC(C(=N)C(=O)O)c1ncc(-c2ccc(Br)c3ccccc23)[nH]1. The number of carboxylic acids is 1. The summed E-state index contributed by atoms with van der Waals surface area (Å²) in [6, 6.07) is 12.0. The molecule has 0 amide bonds. The Balaban J connectivity index is 2.07. The molecule has 0 bridgehead atoms. The standard InChI is InChI=1S/C18H16BrN3O2/c1-2-10(16(20)18(23)24)17-21-9-15(22-17)13-7-8-14(19)12-6-4-3-5-11(12)13/h3-10,20H,2H2,1H3,(H,21,22)(H,23,24). The van der Waals surface area contributed by atoms with Gasteiger partial charge in [0, 0.05) is 10.0 Å². The van der Waals surface area contributed by atoms with Crippen LogP contribution < -0.4 is 0 Å². The lowest BCUT2D eigenvalue weighted by Crippen LogP contribution is -2.21. The molecule has 0 aliphatic heterocycles. The molecule has 6 heteroatoms. The summed E-state index contributed by atoms with van der Waals surface area (Å²) in [6.45, 7) is 1.85. The number of H-pyrrole nitrogens is 1. The first-order valence-corrected chi connectivity index (χ1v) is 8.36. The molecule has 0 saturated carbocycles. The summed E-state index contributed by atoms with van der Waals surface area (Å²) in [7, 11) is 0. The Bertz CT molecular complexity index is 933. The van der Waals surface area contributed by atoms with E-state index in [1.165, 1.54) is 0 Å². The summed E-state index contributed by atoms with van der Waals surface area (Å²) in [5.74, 6) is -1.25. The Morgan fingerprint density at radius 1 is 1.29 bits per heavy atom. The molecular formula is C18H16BrN3O2. The molecular weight excluding hydrogens is 370 g/mol. The quantitative estimate of drug-likeness (QED) is 0.560. The number of imidazole rings is 1. The number of carbonyl (C=O) groups is 1. The predicted molar refractivity (Wildman–Crippen MR) is 97.6 cm³/mol. The van der Waals surface area contributed by atoms with Gasteiger partial charge in [-0.25, -0.2) is 9.78 Å². The molecule has 24 heavy (non-hydrogen) atoms. The van der Waals surface area contributed by atoms with Crippen LogP contribution in [0, 0.1) is 5.41 Å². The van der Waals surface area contributed by atoms with Gasteiger partial charge in [0.25, 0.3) is 0 Å². The van der Waals surface area contributed by atoms with E-state index in [0.29, 0.717) is 12.2 Å². The molecule has 3 rings (SSSR count). The Kier molecular flexibility index (Phi) is 4.49. The molecule has 1 unspecified atom stereocenters. The summed E-state index contributed by atoms with van der Waals surface area (Å²) in [5, 5.41) is 19.0. The molecule has 5 nitrogen and oxygen atoms in total. The van der Waals surface area contributed by atoms with Crippen LogP contribution in [-0.4, -0.2) is 26.8 Å². The van der Waals surface area contributed by atoms with Crippen molar-refractivity contribution in [2.24, 2.45) is 0 Å². The Morgan fingerprint density at radius 2 is 2.00 bits per heavy atom. The van der Waals surface area contributed by atoms with Gasteiger partial charge in [0.15, 0.2) is 0 Å². The number of nitrogens with one attached hydrogen (secondary N) is 2. The number of nitrogens with zero attached hydrogens (tertiary/aromatic N) is 1. The van der Waals surface area contributed by atoms with Gasteiger partial charge in [-0.3, -0.25) is 5.41 Å². The first-order valence-electron chi connectivity index (χ1n) is 7.57. The highest BCUT2D eigenvalue weighted by molar-refractivity contribution is 9.10. The van der Waals surface area contributed by atoms with E-state index < -0.39 is 11.9 Å². The largest absolute Gasteiger partial charge is 0.477 e. The number of hydrogen-bond donors (Lipinski definition) is 3. The fourth-order valence-corrected chi connectivity index (χ4v) is 3.31. The molecule has 0 fully saturated rings. The molecule has 122 valence electrons. The molecule has 0 aliphatic carbocycles. The van der Waals surface area contributed by atoms with E-state index in [0.717, 1.165) is 26.5 Å². The lowest BCUT2D eigenvalue weighted by Gasteiger charge is -2.10. The van der Waals surface area contributed by atoms with Gasteiger partial charge in [-0.2, -0.15) is 0 Å². The second-order valence-corrected chi connectivity index (χ2v) is 6.36. The third-order valence-electron chi connectivity index (χ3n) is 4.07. The zero-order chi connectivity index (χ0) is 17.3. The van der Waals surface area contributed by atoms with Gasteiger partial charge >= 0.3 is 5.97 Å². The van der Waals surface area contributed by atoms with Gasteiger partial charge in [-0.1, -0.05) is 53.2 Å². The third kappa shape index (κ3) is 2.85. The minimum Gasteiger partial charge on any atom is -0.477 e. The maximum atomic E-state index is 11.1. The first kappa shape index (κ1) is 16.4. The first-order chi connectivity index (χ1) is 11.5. The van der Waals surface area contributed by atoms with Crippen LogP contribution in [0.5, 0.6) is 0 Å². The second-order valence-electron chi connectivity index (χ2n) is 5.50. The molecule has 0 saturated heterocycles. The van der Waals surface area contributed by atoms with Crippen molar-refractivity contribution in [3.8, 4) is 11.3 Å². The summed E-state index contributed by atoms with van der Waals surface area (Å²) in [4.78, 5) is 18.6. The Morgan fingerprint density at radius 3 is 2.67 bits per heavy atom. The van der Waals surface area contributed by atoms with Gasteiger partial charge < -0.3 is 10.1 Å². The highest BCUT2D eigenvalue weighted by Crippen LogP contribution is 2.33. The van der Waals surface area contributed by atoms with E-state index in [2.05, 4.69) is 25.9 Å². The number of fused-ring (bicyclic) bond motifs is 1. The number of aromatic nitrogens is 2. The van der Waals surface area contributed by atoms with Gasteiger partial charge in [0.05, 0.1) is 17.8 Å². The van der Waals surface area contributed by atoms with Gasteiger partial charge in [0.2, 0.25) is 0 Å². The molecule has 0 radical (unpaired) electrons. The van der Waals surface area contributed by atoms with Crippen LogP contribution in [0.4, 0.5) is 0 Å². The van der Waals surface area contributed by atoms with Crippen LogP contribution in [-0.2, 0) is 4.79 Å². The minimum atomic E-state index is -1.21. The van der Waals surface area contributed by atoms with Crippen molar-refractivity contribution in [2.45, 2.75) is 19.3 Å². The normalized spacial score (nSPS) is 12.2. The number of halogens is 1. The van der Waals surface area contributed by atoms with Crippen molar-refractivity contribution < 1.29 is 9.90 Å². The fraction of sp³-hybridized carbons (Fsp3) is 0.167. The molecule has 3 aromatic rings.